The fourth-order valence-corrected chi connectivity index (χ4v) is 2.25. The average molecular weight is 353 g/mol. The molecular formula is C15H21BrN4O. The van der Waals surface area contributed by atoms with E-state index >= 15 is 0 Å². The van der Waals surface area contributed by atoms with E-state index in [-0.39, 0.29) is 5.54 Å². The molecule has 0 aliphatic rings. The summed E-state index contributed by atoms with van der Waals surface area (Å²) >= 11 is 3.59. The van der Waals surface area contributed by atoms with Crippen molar-refractivity contribution < 1.29 is 4.74 Å². The summed E-state index contributed by atoms with van der Waals surface area (Å²) in [5.74, 6) is 0. The molecule has 0 amide bonds. The number of ether oxygens (including phenoxy) is 1. The second kappa shape index (κ2) is 6.58. The van der Waals surface area contributed by atoms with Crippen molar-refractivity contribution in [1.29, 1.82) is 0 Å². The summed E-state index contributed by atoms with van der Waals surface area (Å²) in [6, 6.07) is 6.67. The second-order valence-corrected chi connectivity index (χ2v) is 6.87. The highest BCUT2D eigenvalue weighted by Gasteiger charge is 2.09. The average Bonchev–Trinajstić information content (AvgIpc) is 2.80. The molecule has 0 saturated heterocycles. The minimum Gasteiger partial charge on any atom is -0.457 e. The van der Waals surface area contributed by atoms with Crippen molar-refractivity contribution >= 4 is 15.9 Å². The molecule has 1 aromatic heterocycles. The Kier molecular flexibility index (Phi) is 5.00. The van der Waals surface area contributed by atoms with Crippen LogP contribution in [0.2, 0.25) is 0 Å². The highest BCUT2D eigenvalue weighted by molar-refractivity contribution is 9.10. The summed E-state index contributed by atoms with van der Waals surface area (Å²) in [7, 11) is 1.81. The van der Waals surface area contributed by atoms with Gasteiger partial charge in [0.2, 0.25) is 0 Å². The van der Waals surface area contributed by atoms with Gasteiger partial charge < -0.3 is 10.1 Å². The van der Waals surface area contributed by atoms with E-state index in [0.717, 1.165) is 16.6 Å². The molecular weight excluding hydrogens is 332 g/mol. The maximum atomic E-state index is 5.56. The Hall–Kier alpha value is -1.40. The standard InChI is InChI=1S/C15H21BrN4O/c1-15(2,3)18-8-11-5-6-12(13(16)7-11)9-21-14-17-10-20(4)19-14/h5-7,10,18H,8-9H2,1-4H3. The van der Waals surface area contributed by atoms with Crippen molar-refractivity contribution in [3.63, 3.8) is 0 Å². The first-order valence-corrected chi connectivity index (χ1v) is 7.63. The Morgan fingerprint density at radius 2 is 2.10 bits per heavy atom. The molecule has 114 valence electrons. The number of aromatic nitrogens is 3. The van der Waals surface area contributed by atoms with Gasteiger partial charge in [-0.05, 0) is 32.4 Å². The molecule has 5 nitrogen and oxygen atoms in total. The van der Waals surface area contributed by atoms with Crippen molar-refractivity contribution in [3.05, 3.63) is 40.1 Å². The van der Waals surface area contributed by atoms with E-state index in [1.54, 1.807) is 11.0 Å². The SMILES string of the molecule is Cn1cnc(OCc2ccc(CNC(C)(C)C)cc2Br)n1. The third-order valence-corrected chi connectivity index (χ3v) is 3.61. The Labute approximate surface area is 133 Å². The van der Waals surface area contributed by atoms with Crippen LogP contribution in [0.1, 0.15) is 31.9 Å². The maximum Gasteiger partial charge on any atom is 0.335 e. The molecule has 0 radical (unpaired) electrons. The van der Waals surface area contributed by atoms with Gasteiger partial charge >= 0.3 is 6.01 Å². The summed E-state index contributed by atoms with van der Waals surface area (Å²) in [5, 5.41) is 7.56. The van der Waals surface area contributed by atoms with Crippen LogP contribution in [-0.4, -0.2) is 20.3 Å². The lowest BCUT2D eigenvalue weighted by Crippen LogP contribution is -2.35. The summed E-state index contributed by atoms with van der Waals surface area (Å²) in [6.45, 7) is 7.75. The van der Waals surface area contributed by atoms with Crippen molar-refractivity contribution in [2.24, 2.45) is 7.05 Å². The zero-order valence-electron chi connectivity index (χ0n) is 12.9. The minimum atomic E-state index is 0.110. The fraction of sp³-hybridized carbons (Fsp3) is 0.467. The number of hydrogen-bond donors (Lipinski definition) is 1. The van der Waals surface area contributed by atoms with Crippen LogP contribution in [0.3, 0.4) is 0 Å². The van der Waals surface area contributed by atoms with E-state index in [1.807, 2.05) is 7.05 Å². The lowest BCUT2D eigenvalue weighted by molar-refractivity contribution is 0.279. The Morgan fingerprint density at radius 1 is 1.33 bits per heavy atom. The molecule has 2 rings (SSSR count). The van der Waals surface area contributed by atoms with Crippen molar-refractivity contribution in [2.45, 2.75) is 39.5 Å². The number of hydrogen-bond acceptors (Lipinski definition) is 4. The van der Waals surface area contributed by atoms with Gasteiger partial charge in [0.05, 0.1) is 0 Å². The Bertz CT molecular complexity index is 604. The molecule has 6 heteroatoms. The largest absolute Gasteiger partial charge is 0.457 e. The zero-order valence-corrected chi connectivity index (χ0v) is 14.4. The number of halogens is 1. The van der Waals surface area contributed by atoms with Gasteiger partial charge in [-0.2, -0.15) is 4.98 Å². The highest BCUT2D eigenvalue weighted by atomic mass is 79.9. The molecule has 1 aromatic carbocycles. The predicted molar refractivity (Wildman–Crippen MR) is 86.1 cm³/mol. The van der Waals surface area contributed by atoms with Gasteiger partial charge in [-0.15, -0.1) is 5.10 Å². The predicted octanol–water partition coefficient (Wildman–Crippen LogP) is 3.04. The molecule has 0 unspecified atom stereocenters. The number of rotatable bonds is 5. The van der Waals surface area contributed by atoms with Crippen LogP contribution >= 0.6 is 15.9 Å². The monoisotopic (exact) mass is 352 g/mol. The van der Waals surface area contributed by atoms with Gasteiger partial charge in [0.15, 0.2) is 0 Å². The van der Waals surface area contributed by atoms with Gasteiger partial charge in [-0.3, -0.25) is 4.68 Å². The normalized spacial score (nSPS) is 11.7. The van der Waals surface area contributed by atoms with Crippen LogP contribution in [0.5, 0.6) is 6.01 Å². The third-order valence-electron chi connectivity index (χ3n) is 2.88. The molecule has 0 aliphatic carbocycles. The van der Waals surface area contributed by atoms with Gasteiger partial charge in [-0.25, -0.2) is 0 Å². The van der Waals surface area contributed by atoms with E-state index in [9.17, 15) is 0 Å². The van der Waals surface area contributed by atoms with Crippen LogP contribution in [-0.2, 0) is 20.2 Å². The van der Waals surface area contributed by atoms with Crippen molar-refractivity contribution in [3.8, 4) is 6.01 Å². The van der Waals surface area contributed by atoms with Crippen LogP contribution in [0.4, 0.5) is 0 Å². The lowest BCUT2D eigenvalue weighted by Gasteiger charge is -2.20. The molecule has 0 atom stereocenters. The van der Waals surface area contributed by atoms with E-state index in [0.29, 0.717) is 12.6 Å². The number of nitrogens with one attached hydrogen (secondary N) is 1. The molecule has 0 spiro atoms. The second-order valence-electron chi connectivity index (χ2n) is 6.02. The van der Waals surface area contributed by atoms with Crippen LogP contribution in [0.15, 0.2) is 29.0 Å². The molecule has 2 aromatic rings. The summed E-state index contributed by atoms with van der Waals surface area (Å²) in [4.78, 5) is 4.04. The molecule has 0 fully saturated rings. The maximum absolute atomic E-state index is 5.56. The number of nitrogens with zero attached hydrogens (tertiary/aromatic N) is 3. The molecule has 21 heavy (non-hydrogen) atoms. The lowest BCUT2D eigenvalue weighted by atomic mass is 10.1. The van der Waals surface area contributed by atoms with Gasteiger partial charge in [0.25, 0.3) is 0 Å². The van der Waals surface area contributed by atoms with Crippen LogP contribution < -0.4 is 10.1 Å². The molecule has 1 N–H and O–H groups in total. The summed E-state index contributed by atoms with van der Waals surface area (Å²) in [6.07, 6.45) is 1.62. The molecule has 0 aliphatic heterocycles. The van der Waals surface area contributed by atoms with Crippen molar-refractivity contribution in [1.82, 2.24) is 20.1 Å². The Morgan fingerprint density at radius 3 is 2.67 bits per heavy atom. The quantitative estimate of drug-likeness (QED) is 0.898. The topological polar surface area (TPSA) is 52.0 Å². The number of benzene rings is 1. The third kappa shape index (κ3) is 5.13. The van der Waals surface area contributed by atoms with E-state index in [1.165, 1.54) is 5.56 Å². The molecule has 0 bridgehead atoms. The first-order chi connectivity index (χ1) is 9.83. The molecule has 0 saturated carbocycles. The number of aryl methyl sites for hydroxylation is 1. The van der Waals surface area contributed by atoms with Crippen LogP contribution in [0.25, 0.3) is 0 Å². The summed E-state index contributed by atoms with van der Waals surface area (Å²) in [5.41, 5.74) is 2.41. The smallest absolute Gasteiger partial charge is 0.335 e. The van der Waals surface area contributed by atoms with Gasteiger partial charge in [0.1, 0.15) is 12.9 Å². The fourth-order valence-electron chi connectivity index (χ4n) is 1.71. The summed E-state index contributed by atoms with van der Waals surface area (Å²) < 4.78 is 8.21. The first kappa shape index (κ1) is 16.0. The zero-order chi connectivity index (χ0) is 15.5. The minimum absolute atomic E-state index is 0.110. The van der Waals surface area contributed by atoms with E-state index < -0.39 is 0 Å². The van der Waals surface area contributed by atoms with Gasteiger partial charge in [0, 0.05) is 29.2 Å². The molecule has 1 heterocycles. The van der Waals surface area contributed by atoms with Crippen molar-refractivity contribution in [2.75, 3.05) is 0 Å². The highest BCUT2D eigenvalue weighted by Crippen LogP contribution is 2.20. The van der Waals surface area contributed by atoms with Crippen LogP contribution in [0, 0.1) is 0 Å². The Balaban J connectivity index is 1.95. The van der Waals surface area contributed by atoms with Gasteiger partial charge in [-0.1, -0.05) is 28.1 Å². The van der Waals surface area contributed by atoms with E-state index in [2.05, 4.69) is 70.3 Å². The van der Waals surface area contributed by atoms with E-state index in [4.69, 9.17) is 4.74 Å². The first-order valence-electron chi connectivity index (χ1n) is 6.84.